The molecule has 0 saturated carbocycles. The van der Waals surface area contributed by atoms with Gasteiger partial charge in [-0.05, 0) is 60.9 Å². The number of carbonyl (C=O) groups excluding carboxylic acids is 1. The van der Waals surface area contributed by atoms with Gasteiger partial charge in [-0.3, -0.25) is 14.1 Å². The molecule has 0 aliphatic heterocycles. The van der Waals surface area contributed by atoms with Gasteiger partial charge in [0.15, 0.2) is 0 Å². The van der Waals surface area contributed by atoms with Gasteiger partial charge >= 0.3 is 0 Å². The van der Waals surface area contributed by atoms with Crippen molar-refractivity contribution in [2.24, 2.45) is 0 Å². The Balaban J connectivity index is 1.89. The number of carbonyl (C=O) groups is 1. The molecule has 0 fully saturated rings. The Bertz CT molecular complexity index is 1060. The lowest BCUT2D eigenvalue weighted by molar-refractivity contribution is -0.119. The molecule has 0 aliphatic carbocycles. The van der Waals surface area contributed by atoms with Crippen LogP contribution in [0.3, 0.4) is 0 Å². The van der Waals surface area contributed by atoms with E-state index in [1.54, 1.807) is 48.8 Å². The largest absolute Gasteiger partial charge is 0.350 e. The summed E-state index contributed by atoms with van der Waals surface area (Å²) in [6, 6.07) is 17.2. The van der Waals surface area contributed by atoms with E-state index in [1.807, 2.05) is 26.0 Å². The SMILES string of the molecule is Cc1cc(C)cc(N(CC(=O)NCc2cccnc2)S(=O)(=O)c2ccccc2)c1. The first-order valence-corrected chi connectivity index (χ1v) is 10.6. The normalized spacial score (nSPS) is 11.1. The second-order valence-corrected chi connectivity index (χ2v) is 8.67. The molecule has 0 atom stereocenters. The van der Waals surface area contributed by atoms with Crippen LogP contribution >= 0.6 is 0 Å². The fraction of sp³-hybridized carbons (Fsp3) is 0.182. The molecule has 2 aromatic carbocycles. The molecule has 150 valence electrons. The molecule has 3 aromatic rings. The summed E-state index contributed by atoms with van der Waals surface area (Å²) < 4.78 is 27.8. The first-order valence-electron chi connectivity index (χ1n) is 9.18. The number of pyridine rings is 1. The van der Waals surface area contributed by atoms with Gasteiger partial charge in [0.05, 0.1) is 10.6 Å². The minimum Gasteiger partial charge on any atom is -0.350 e. The number of hydrogen-bond donors (Lipinski definition) is 1. The summed E-state index contributed by atoms with van der Waals surface area (Å²) in [6.45, 7) is 3.75. The molecule has 0 unspecified atom stereocenters. The molecule has 6 nitrogen and oxygen atoms in total. The van der Waals surface area contributed by atoms with Crippen molar-refractivity contribution in [2.75, 3.05) is 10.8 Å². The molecule has 1 N–H and O–H groups in total. The Morgan fingerprint density at radius 2 is 1.69 bits per heavy atom. The highest BCUT2D eigenvalue weighted by Gasteiger charge is 2.27. The van der Waals surface area contributed by atoms with E-state index in [0.29, 0.717) is 5.69 Å². The lowest BCUT2D eigenvalue weighted by atomic mass is 10.1. The average molecular weight is 410 g/mol. The molecular weight excluding hydrogens is 386 g/mol. The van der Waals surface area contributed by atoms with E-state index in [9.17, 15) is 13.2 Å². The van der Waals surface area contributed by atoms with Crippen molar-refractivity contribution in [3.63, 3.8) is 0 Å². The quantitative estimate of drug-likeness (QED) is 0.650. The maximum Gasteiger partial charge on any atom is 0.264 e. The van der Waals surface area contributed by atoms with E-state index < -0.39 is 15.9 Å². The molecule has 0 saturated heterocycles. The van der Waals surface area contributed by atoms with Crippen molar-refractivity contribution >= 4 is 21.6 Å². The number of rotatable bonds is 7. The van der Waals surface area contributed by atoms with Gasteiger partial charge in [0.1, 0.15) is 6.54 Å². The highest BCUT2D eigenvalue weighted by molar-refractivity contribution is 7.92. The van der Waals surface area contributed by atoms with Crippen LogP contribution in [0, 0.1) is 13.8 Å². The fourth-order valence-corrected chi connectivity index (χ4v) is 4.44. The van der Waals surface area contributed by atoms with Gasteiger partial charge in [-0.2, -0.15) is 0 Å². The molecule has 1 heterocycles. The summed E-state index contributed by atoms with van der Waals surface area (Å²) >= 11 is 0. The van der Waals surface area contributed by atoms with Crippen LogP contribution in [0.25, 0.3) is 0 Å². The summed E-state index contributed by atoms with van der Waals surface area (Å²) in [4.78, 5) is 16.8. The van der Waals surface area contributed by atoms with Crippen LogP contribution in [-0.4, -0.2) is 25.9 Å². The van der Waals surface area contributed by atoms with Gasteiger partial charge in [-0.15, -0.1) is 0 Å². The molecule has 29 heavy (non-hydrogen) atoms. The molecule has 0 aliphatic rings. The molecule has 0 radical (unpaired) electrons. The third-order valence-electron chi connectivity index (χ3n) is 4.33. The van der Waals surface area contributed by atoms with E-state index in [4.69, 9.17) is 0 Å². The number of aromatic nitrogens is 1. The highest BCUT2D eigenvalue weighted by atomic mass is 32.2. The van der Waals surface area contributed by atoms with E-state index in [0.717, 1.165) is 21.0 Å². The van der Waals surface area contributed by atoms with Crippen molar-refractivity contribution < 1.29 is 13.2 Å². The third-order valence-corrected chi connectivity index (χ3v) is 6.11. The van der Waals surface area contributed by atoms with Crippen molar-refractivity contribution in [2.45, 2.75) is 25.3 Å². The van der Waals surface area contributed by atoms with Gasteiger partial charge in [0, 0.05) is 18.9 Å². The van der Waals surface area contributed by atoms with E-state index >= 15 is 0 Å². The highest BCUT2D eigenvalue weighted by Crippen LogP contribution is 2.25. The van der Waals surface area contributed by atoms with Crippen LogP contribution in [0.4, 0.5) is 5.69 Å². The van der Waals surface area contributed by atoms with E-state index in [2.05, 4.69) is 10.3 Å². The maximum absolute atomic E-state index is 13.3. The zero-order chi connectivity index (χ0) is 20.9. The molecule has 0 bridgehead atoms. The molecule has 7 heteroatoms. The Morgan fingerprint density at radius 1 is 1.00 bits per heavy atom. The summed E-state index contributed by atoms with van der Waals surface area (Å²) in [5, 5.41) is 2.77. The lowest BCUT2D eigenvalue weighted by Gasteiger charge is -2.25. The Hall–Kier alpha value is -3.19. The molecule has 1 aromatic heterocycles. The average Bonchev–Trinajstić information content (AvgIpc) is 2.71. The van der Waals surface area contributed by atoms with E-state index in [-0.39, 0.29) is 18.0 Å². The number of anilines is 1. The first-order chi connectivity index (χ1) is 13.9. The van der Waals surface area contributed by atoms with Gasteiger partial charge in [-0.25, -0.2) is 8.42 Å². The number of hydrogen-bond acceptors (Lipinski definition) is 4. The summed E-state index contributed by atoms with van der Waals surface area (Å²) in [6.07, 6.45) is 3.31. The number of sulfonamides is 1. The molecule has 0 spiro atoms. The second-order valence-electron chi connectivity index (χ2n) is 6.81. The van der Waals surface area contributed by atoms with Crippen molar-refractivity contribution in [3.8, 4) is 0 Å². The minimum atomic E-state index is -3.91. The second kappa shape index (κ2) is 8.87. The summed E-state index contributed by atoms with van der Waals surface area (Å²) in [5.74, 6) is -0.396. The Morgan fingerprint density at radius 3 is 2.31 bits per heavy atom. The molecule has 3 rings (SSSR count). The lowest BCUT2D eigenvalue weighted by Crippen LogP contribution is -2.40. The standard InChI is InChI=1S/C22H23N3O3S/c1-17-11-18(2)13-20(12-17)25(29(27,28)21-8-4-3-5-9-21)16-22(26)24-15-19-7-6-10-23-14-19/h3-14H,15-16H2,1-2H3,(H,24,26). The van der Waals surface area contributed by atoms with Crippen LogP contribution in [0.15, 0.2) is 78.0 Å². The number of nitrogens with zero attached hydrogens (tertiary/aromatic N) is 2. The Kier molecular flexibility index (Phi) is 6.29. The fourth-order valence-electron chi connectivity index (χ4n) is 3.02. The third kappa shape index (κ3) is 5.20. The zero-order valence-corrected chi connectivity index (χ0v) is 17.2. The predicted octanol–water partition coefficient (Wildman–Crippen LogP) is 3.21. The van der Waals surface area contributed by atoms with Gasteiger partial charge in [0.25, 0.3) is 10.0 Å². The van der Waals surface area contributed by atoms with Crippen molar-refractivity contribution in [3.05, 3.63) is 89.7 Å². The summed E-state index contributed by atoms with van der Waals surface area (Å²) in [5.41, 5.74) is 3.14. The molecular formula is C22H23N3O3S. The first kappa shape index (κ1) is 20.5. The van der Waals surface area contributed by atoms with Crippen LogP contribution in [0.2, 0.25) is 0 Å². The van der Waals surface area contributed by atoms with E-state index in [1.165, 1.54) is 12.1 Å². The number of amides is 1. The van der Waals surface area contributed by atoms with Crippen LogP contribution < -0.4 is 9.62 Å². The van der Waals surface area contributed by atoms with Gasteiger partial charge in [-0.1, -0.05) is 30.3 Å². The summed E-state index contributed by atoms with van der Waals surface area (Å²) in [7, 11) is -3.91. The van der Waals surface area contributed by atoms with Crippen LogP contribution in [-0.2, 0) is 21.4 Å². The monoisotopic (exact) mass is 409 g/mol. The zero-order valence-electron chi connectivity index (χ0n) is 16.4. The number of benzene rings is 2. The molecule has 1 amide bonds. The van der Waals surface area contributed by atoms with Crippen LogP contribution in [0.1, 0.15) is 16.7 Å². The predicted molar refractivity (Wildman–Crippen MR) is 113 cm³/mol. The van der Waals surface area contributed by atoms with Gasteiger partial charge in [0.2, 0.25) is 5.91 Å². The van der Waals surface area contributed by atoms with Crippen molar-refractivity contribution in [1.29, 1.82) is 0 Å². The number of aryl methyl sites for hydroxylation is 2. The maximum atomic E-state index is 13.3. The number of nitrogens with one attached hydrogen (secondary N) is 1. The topological polar surface area (TPSA) is 79.4 Å². The smallest absolute Gasteiger partial charge is 0.264 e. The van der Waals surface area contributed by atoms with Crippen LogP contribution in [0.5, 0.6) is 0 Å². The van der Waals surface area contributed by atoms with Crippen molar-refractivity contribution in [1.82, 2.24) is 10.3 Å². The Labute approximate surface area is 171 Å². The van der Waals surface area contributed by atoms with Gasteiger partial charge < -0.3 is 5.32 Å². The minimum absolute atomic E-state index is 0.138.